The predicted octanol–water partition coefficient (Wildman–Crippen LogP) is -0.486. The molecule has 96 valence electrons. The van der Waals surface area contributed by atoms with Gasteiger partial charge in [0.15, 0.2) is 0 Å². The number of hydrogen-bond donors (Lipinski definition) is 3. The van der Waals surface area contributed by atoms with E-state index < -0.39 is 6.10 Å². The first-order valence-corrected chi connectivity index (χ1v) is 5.26. The number of nitrogens with one attached hydrogen (secondary N) is 1. The molecule has 0 aliphatic rings. The van der Waals surface area contributed by atoms with Crippen LogP contribution in [-0.4, -0.2) is 48.5 Å². The second-order valence-electron chi connectivity index (χ2n) is 3.80. The first-order valence-electron chi connectivity index (χ1n) is 5.26. The summed E-state index contributed by atoms with van der Waals surface area (Å²) in [4.78, 5) is 10.00. The molecular weight excluding hydrogens is 222 g/mol. The molecule has 0 amide bonds. The highest BCUT2D eigenvalue weighted by molar-refractivity contribution is 5.56. The van der Waals surface area contributed by atoms with Gasteiger partial charge in [0.05, 0.1) is 12.7 Å². The summed E-state index contributed by atoms with van der Waals surface area (Å²) >= 11 is 0. The zero-order chi connectivity index (χ0) is 12.8. The normalized spacial score (nSPS) is 12.3. The molecule has 1 atom stereocenters. The topological polar surface area (TPSA) is 96.5 Å². The van der Waals surface area contributed by atoms with Crippen LogP contribution in [0.1, 0.15) is 5.56 Å². The zero-order valence-electron chi connectivity index (χ0n) is 10.3. The summed E-state index contributed by atoms with van der Waals surface area (Å²) < 4.78 is 4.87. The lowest BCUT2D eigenvalue weighted by Gasteiger charge is -2.23. The molecule has 1 aromatic heterocycles. The lowest BCUT2D eigenvalue weighted by atomic mass is 10.2. The number of ether oxygens (including phenoxy) is 1. The van der Waals surface area contributed by atoms with Gasteiger partial charge in [0, 0.05) is 26.3 Å². The second kappa shape index (κ2) is 6.33. The number of likely N-dealkylation sites (N-methyl/N-ethyl adjacent to an activating group) is 1. The molecule has 1 rings (SSSR count). The molecule has 1 unspecified atom stereocenters. The molecule has 0 aliphatic carbocycles. The lowest BCUT2D eigenvalue weighted by Crippen LogP contribution is -2.33. The third-order valence-corrected chi connectivity index (χ3v) is 2.40. The van der Waals surface area contributed by atoms with Crippen molar-refractivity contribution in [1.29, 1.82) is 0 Å². The van der Waals surface area contributed by atoms with Gasteiger partial charge in [-0.1, -0.05) is 0 Å². The van der Waals surface area contributed by atoms with Crippen molar-refractivity contribution in [2.45, 2.75) is 13.0 Å². The van der Waals surface area contributed by atoms with E-state index in [2.05, 4.69) is 15.4 Å². The van der Waals surface area contributed by atoms with Crippen LogP contribution in [0.4, 0.5) is 11.6 Å². The van der Waals surface area contributed by atoms with Crippen LogP contribution in [0, 0.1) is 6.92 Å². The molecule has 1 aromatic rings. The predicted molar refractivity (Wildman–Crippen MR) is 65.7 cm³/mol. The van der Waals surface area contributed by atoms with Gasteiger partial charge in [-0.2, -0.15) is 0 Å². The Morgan fingerprint density at radius 2 is 2.29 bits per heavy atom. The molecule has 0 spiro atoms. The van der Waals surface area contributed by atoms with Crippen molar-refractivity contribution in [3.63, 3.8) is 0 Å². The third-order valence-electron chi connectivity index (χ3n) is 2.40. The van der Waals surface area contributed by atoms with Gasteiger partial charge < -0.3 is 20.2 Å². The van der Waals surface area contributed by atoms with Gasteiger partial charge in [0.25, 0.3) is 0 Å². The van der Waals surface area contributed by atoms with Crippen LogP contribution in [0.25, 0.3) is 0 Å². The van der Waals surface area contributed by atoms with E-state index in [0.29, 0.717) is 12.4 Å². The fraction of sp³-hybridized carbons (Fsp3) is 0.600. The quantitative estimate of drug-likeness (QED) is 0.457. The molecule has 0 aliphatic heterocycles. The summed E-state index contributed by atoms with van der Waals surface area (Å²) in [5, 5.41) is 9.65. The van der Waals surface area contributed by atoms with E-state index in [9.17, 15) is 5.11 Å². The smallest absolute Gasteiger partial charge is 0.148 e. The average molecular weight is 241 g/mol. The molecule has 0 saturated carbocycles. The summed E-state index contributed by atoms with van der Waals surface area (Å²) in [5.74, 6) is 6.64. The zero-order valence-corrected chi connectivity index (χ0v) is 10.3. The van der Waals surface area contributed by atoms with E-state index >= 15 is 0 Å². The monoisotopic (exact) mass is 241 g/mol. The molecular formula is C10H19N5O2. The minimum Gasteiger partial charge on any atom is -0.389 e. The number of anilines is 2. The Labute approximate surface area is 101 Å². The number of aliphatic hydroxyl groups excluding tert-OH is 1. The summed E-state index contributed by atoms with van der Waals surface area (Å²) in [7, 11) is 3.39. The number of nitrogen functional groups attached to an aromatic ring is 1. The minimum atomic E-state index is -0.561. The SMILES string of the molecule is COCC(O)CN(C)c1ncnc(NN)c1C. The van der Waals surface area contributed by atoms with Gasteiger partial charge >= 0.3 is 0 Å². The number of nitrogens with zero attached hydrogens (tertiary/aromatic N) is 3. The number of nitrogens with two attached hydrogens (primary N) is 1. The summed E-state index contributed by atoms with van der Waals surface area (Å²) in [6, 6.07) is 0. The maximum absolute atomic E-state index is 9.65. The van der Waals surface area contributed by atoms with E-state index in [1.807, 2.05) is 18.9 Å². The molecule has 0 fully saturated rings. The van der Waals surface area contributed by atoms with E-state index in [-0.39, 0.29) is 6.61 Å². The first kappa shape index (κ1) is 13.6. The average Bonchev–Trinajstić information content (AvgIpc) is 2.29. The number of aliphatic hydroxyl groups is 1. The highest BCUT2D eigenvalue weighted by Gasteiger charge is 2.13. The number of hydrazine groups is 1. The molecule has 1 heterocycles. The summed E-state index contributed by atoms with van der Waals surface area (Å²) in [6.07, 6.45) is 0.866. The Morgan fingerprint density at radius 1 is 1.59 bits per heavy atom. The van der Waals surface area contributed by atoms with E-state index in [1.54, 1.807) is 7.11 Å². The molecule has 0 radical (unpaired) electrons. The number of hydrogen-bond acceptors (Lipinski definition) is 7. The third kappa shape index (κ3) is 3.52. The fourth-order valence-electron chi connectivity index (χ4n) is 1.62. The Morgan fingerprint density at radius 3 is 2.88 bits per heavy atom. The van der Waals surface area contributed by atoms with Crippen molar-refractivity contribution in [2.24, 2.45) is 5.84 Å². The Kier molecular flexibility index (Phi) is 5.08. The van der Waals surface area contributed by atoms with Crippen LogP contribution in [-0.2, 0) is 4.74 Å². The maximum atomic E-state index is 9.65. The molecule has 0 aromatic carbocycles. The van der Waals surface area contributed by atoms with Crippen molar-refractivity contribution in [3.8, 4) is 0 Å². The molecule has 0 bridgehead atoms. The van der Waals surface area contributed by atoms with Gasteiger partial charge in [-0.15, -0.1) is 0 Å². The first-order chi connectivity index (χ1) is 8.10. The van der Waals surface area contributed by atoms with Crippen molar-refractivity contribution < 1.29 is 9.84 Å². The van der Waals surface area contributed by atoms with Crippen molar-refractivity contribution in [1.82, 2.24) is 9.97 Å². The van der Waals surface area contributed by atoms with Crippen LogP contribution in [0.3, 0.4) is 0 Å². The van der Waals surface area contributed by atoms with E-state index in [4.69, 9.17) is 10.6 Å². The minimum absolute atomic E-state index is 0.288. The van der Waals surface area contributed by atoms with E-state index in [0.717, 1.165) is 11.4 Å². The number of methoxy groups -OCH3 is 1. The van der Waals surface area contributed by atoms with Crippen molar-refractivity contribution in [2.75, 3.05) is 37.6 Å². The van der Waals surface area contributed by atoms with Gasteiger partial charge in [0.2, 0.25) is 0 Å². The van der Waals surface area contributed by atoms with Crippen LogP contribution in [0.15, 0.2) is 6.33 Å². The number of rotatable bonds is 6. The van der Waals surface area contributed by atoms with Gasteiger partial charge in [-0.3, -0.25) is 0 Å². The second-order valence-corrected chi connectivity index (χ2v) is 3.80. The van der Waals surface area contributed by atoms with Crippen LogP contribution >= 0.6 is 0 Å². The molecule has 7 nitrogen and oxygen atoms in total. The standard InChI is InChI=1S/C10H19N5O2/c1-7-9(14-11)12-6-13-10(7)15(2)4-8(16)5-17-3/h6,8,16H,4-5,11H2,1-3H3,(H,12,13,14). The summed E-state index contributed by atoms with van der Waals surface area (Å²) in [6.45, 7) is 2.58. The fourth-order valence-corrected chi connectivity index (χ4v) is 1.62. The highest BCUT2D eigenvalue weighted by Crippen LogP contribution is 2.20. The summed E-state index contributed by atoms with van der Waals surface area (Å²) in [5.41, 5.74) is 3.34. The van der Waals surface area contributed by atoms with Gasteiger partial charge in [-0.05, 0) is 6.92 Å². The Bertz CT molecular complexity index is 361. The van der Waals surface area contributed by atoms with Gasteiger partial charge in [-0.25, -0.2) is 15.8 Å². The Balaban J connectivity index is 2.78. The van der Waals surface area contributed by atoms with Crippen LogP contribution in [0.5, 0.6) is 0 Å². The van der Waals surface area contributed by atoms with E-state index in [1.165, 1.54) is 6.33 Å². The number of aromatic nitrogens is 2. The molecule has 17 heavy (non-hydrogen) atoms. The largest absolute Gasteiger partial charge is 0.389 e. The van der Waals surface area contributed by atoms with Gasteiger partial charge in [0.1, 0.15) is 18.0 Å². The maximum Gasteiger partial charge on any atom is 0.148 e. The molecule has 0 saturated heterocycles. The molecule has 4 N–H and O–H groups in total. The van der Waals surface area contributed by atoms with Crippen LogP contribution < -0.4 is 16.2 Å². The lowest BCUT2D eigenvalue weighted by molar-refractivity contribution is 0.0694. The van der Waals surface area contributed by atoms with Crippen molar-refractivity contribution in [3.05, 3.63) is 11.9 Å². The van der Waals surface area contributed by atoms with Crippen LogP contribution in [0.2, 0.25) is 0 Å². The van der Waals surface area contributed by atoms with Crippen molar-refractivity contribution >= 4 is 11.6 Å². The molecule has 7 heteroatoms. The highest BCUT2D eigenvalue weighted by atomic mass is 16.5. The Hall–Kier alpha value is -1.44.